The van der Waals surface area contributed by atoms with E-state index in [2.05, 4.69) is 15.5 Å². The molecule has 2 heterocycles. The van der Waals surface area contributed by atoms with Crippen LogP contribution in [0.25, 0.3) is 0 Å². The molecule has 2 aliphatic heterocycles. The number of piperidine rings is 1. The topological polar surface area (TPSA) is 64.7 Å². The lowest BCUT2D eigenvalue weighted by molar-refractivity contribution is -0.117. The van der Waals surface area contributed by atoms with E-state index in [0.717, 1.165) is 56.3 Å². The van der Waals surface area contributed by atoms with Crippen LogP contribution in [0.3, 0.4) is 0 Å². The molecule has 1 aromatic rings. The summed E-state index contributed by atoms with van der Waals surface area (Å²) in [5, 5.41) is 5.98. The van der Waals surface area contributed by atoms with Crippen LogP contribution in [0.1, 0.15) is 38.5 Å². The molecule has 0 unspecified atom stereocenters. The Balaban J connectivity index is 1.25. The van der Waals surface area contributed by atoms with Crippen molar-refractivity contribution in [3.63, 3.8) is 0 Å². The predicted octanol–water partition coefficient (Wildman–Crippen LogP) is 2.56. The summed E-state index contributed by atoms with van der Waals surface area (Å²) in [7, 11) is 0. The van der Waals surface area contributed by atoms with Crippen LogP contribution in [-0.2, 0) is 4.79 Å². The third kappa shape index (κ3) is 3.95. The highest BCUT2D eigenvalue weighted by molar-refractivity contribution is 5.96. The number of nitrogens with zero attached hydrogens (tertiary/aromatic N) is 2. The number of benzene rings is 1. The Morgan fingerprint density at radius 3 is 2.32 bits per heavy atom. The maximum Gasteiger partial charge on any atom is 0.319 e. The van der Waals surface area contributed by atoms with Crippen molar-refractivity contribution in [2.45, 2.75) is 50.6 Å². The van der Waals surface area contributed by atoms with Gasteiger partial charge in [0.05, 0.1) is 0 Å². The molecule has 0 radical (unpaired) electrons. The summed E-state index contributed by atoms with van der Waals surface area (Å²) >= 11 is 0. The Kier molecular flexibility index (Phi) is 4.61. The quantitative estimate of drug-likeness (QED) is 0.884. The van der Waals surface area contributed by atoms with E-state index < -0.39 is 0 Å². The molecule has 1 saturated carbocycles. The van der Waals surface area contributed by atoms with E-state index in [1.807, 2.05) is 24.3 Å². The SMILES string of the molecule is O=C(Nc1ccc(N2CCCC2=O)cc1)NC1CCN(C2CC2)CC1. The van der Waals surface area contributed by atoms with Crippen molar-refractivity contribution >= 4 is 23.3 Å². The molecule has 3 aliphatic rings. The van der Waals surface area contributed by atoms with E-state index in [-0.39, 0.29) is 18.0 Å². The van der Waals surface area contributed by atoms with Crippen LogP contribution in [0, 0.1) is 0 Å². The Bertz CT molecular complexity index is 633. The summed E-state index contributed by atoms with van der Waals surface area (Å²) in [6.45, 7) is 2.97. The predicted molar refractivity (Wildman–Crippen MR) is 97.8 cm³/mol. The molecule has 0 spiro atoms. The second-order valence-corrected chi connectivity index (χ2v) is 7.34. The molecule has 6 heteroatoms. The van der Waals surface area contributed by atoms with Crippen molar-refractivity contribution in [3.05, 3.63) is 24.3 Å². The minimum absolute atomic E-state index is 0.144. The maximum absolute atomic E-state index is 12.2. The standard InChI is InChI=1S/C19H26N4O2/c24-18-2-1-11-23(18)17-5-3-14(4-6-17)20-19(25)21-15-9-12-22(13-10-15)16-7-8-16/h3-6,15-16H,1-2,7-13H2,(H2,20,21,25). The number of hydrogen-bond donors (Lipinski definition) is 2. The third-order valence-electron chi connectivity index (χ3n) is 5.44. The molecule has 6 nitrogen and oxygen atoms in total. The first-order chi connectivity index (χ1) is 12.2. The molecule has 2 N–H and O–H groups in total. The van der Waals surface area contributed by atoms with E-state index in [9.17, 15) is 9.59 Å². The molecule has 2 saturated heterocycles. The Morgan fingerprint density at radius 1 is 1.00 bits per heavy atom. The zero-order chi connectivity index (χ0) is 17.2. The van der Waals surface area contributed by atoms with E-state index in [0.29, 0.717) is 6.42 Å². The van der Waals surface area contributed by atoms with E-state index in [4.69, 9.17) is 0 Å². The molecule has 0 aromatic heterocycles. The number of likely N-dealkylation sites (tertiary alicyclic amines) is 1. The van der Waals surface area contributed by atoms with Crippen molar-refractivity contribution in [2.24, 2.45) is 0 Å². The number of urea groups is 1. The molecule has 0 bridgehead atoms. The van der Waals surface area contributed by atoms with E-state index in [1.165, 1.54) is 12.8 Å². The number of hydrogen-bond acceptors (Lipinski definition) is 3. The molecule has 134 valence electrons. The largest absolute Gasteiger partial charge is 0.335 e. The van der Waals surface area contributed by atoms with Gasteiger partial charge in [-0.05, 0) is 56.4 Å². The van der Waals surface area contributed by atoms with Crippen molar-refractivity contribution in [3.8, 4) is 0 Å². The van der Waals surface area contributed by atoms with Crippen molar-refractivity contribution < 1.29 is 9.59 Å². The number of rotatable bonds is 4. The number of nitrogens with one attached hydrogen (secondary N) is 2. The molecule has 3 fully saturated rings. The van der Waals surface area contributed by atoms with Crippen LogP contribution < -0.4 is 15.5 Å². The number of anilines is 2. The van der Waals surface area contributed by atoms with Crippen LogP contribution >= 0.6 is 0 Å². The molecular formula is C19H26N4O2. The molecule has 1 aromatic carbocycles. The van der Waals surface area contributed by atoms with Crippen LogP contribution in [0.2, 0.25) is 0 Å². The van der Waals surface area contributed by atoms with Gasteiger partial charge in [-0.3, -0.25) is 4.79 Å². The van der Waals surface area contributed by atoms with Crippen molar-refractivity contribution in [1.29, 1.82) is 0 Å². The normalized spacial score (nSPS) is 22.2. The first-order valence-electron chi connectivity index (χ1n) is 9.41. The smallest absolute Gasteiger partial charge is 0.319 e. The highest BCUT2D eigenvalue weighted by atomic mass is 16.2. The van der Waals surface area contributed by atoms with Gasteiger partial charge in [-0.2, -0.15) is 0 Å². The lowest BCUT2D eigenvalue weighted by Crippen LogP contribution is -2.46. The maximum atomic E-state index is 12.2. The van der Waals surface area contributed by atoms with Crippen LogP contribution in [0.5, 0.6) is 0 Å². The summed E-state index contributed by atoms with van der Waals surface area (Å²) in [6.07, 6.45) is 6.29. The molecule has 4 rings (SSSR count). The first-order valence-corrected chi connectivity index (χ1v) is 9.41. The Morgan fingerprint density at radius 2 is 1.72 bits per heavy atom. The first kappa shape index (κ1) is 16.4. The summed E-state index contributed by atoms with van der Waals surface area (Å²) < 4.78 is 0. The van der Waals surface area contributed by atoms with E-state index >= 15 is 0 Å². The highest BCUT2D eigenvalue weighted by Gasteiger charge is 2.32. The van der Waals surface area contributed by atoms with Gasteiger partial charge in [-0.15, -0.1) is 0 Å². The monoisotopic (exact) mass is 342 g/mol. The lowest BCUT2D eigenvalue weighted by atomic mass is 10.1. The average molecular weight is 342 g/mol. The molecular weight excluding hydrogens is 316 g/mol. The molecule has 1 aliphatic carbocycles. The van der Waals surface area contributed by atoms with Gasteiger partial charge < -0.3 is 20.4 Å². The Labute approximate surface area is 148 Å². The number of carbonyl (C=O) groups excluding carboxylic acids is 2. The second-order valence-electron chi connectivity index (χ2n) is 7.34. The highest BCUT2D eigenvalue weighted by Crippen LogP contribution is 2.29. The molecule has 3 amide bonds. The summed E-state index contributed by atoms with van der Waals surface area (Å²) in [6, 6.07) is 8.44. The second kappa shape index (κ2) is 7.04. The fourth-order valence-electron chi connectivity index (χ4n) is 3.85. The van der Waals surface area contributed by atoms with Crippen molar-refractivity contribution in [1.82, 2.24) is 10.2 Å². The van der Waals surface area contributed by atoms with Crippen LogP contribution in [0.4, 0.5) is 16.2 Å². The van der Waals surface area contributed by atoms with Gasteiger partial charge in [0.2, 0.25) is 5.91 Å². The molecule has 25 heavy (non-hydrogen) atoms. The summed E-state index contributed by atoms with van der Waals surface area (Å²) in [5.74, 6) is 0.177. The number of amides is 3. The third-order valence-corrected chi connectivity index (χ3v) is 5.44. The summed E-state index contributed by atoms with van der Waals surface area (Å²) in [4.78, 5) is 28.3. The zero-order valence-corrected chi connectivity index (χ0v) is 14.5. The van der Waals surface area contributed by atoms with Crippen molar-refractivity contribution in [2.75, 3.05) is 29.9 Å². The number of carbonyl (C=O) groups is 2. The molecule has 0 atom stereocenters. The van der Waals surface area contributed by atoms with Gasteiger partial charge in [-0.1, -0.05) is 0 Å². The van der Waals surface area contributed by atoms with Gasteiger partial charge in [0.25, 0.3) is 0 Å². The van der Waals surface area contributed by atoms with E-state index in [1.54, 1.807) is 4.90 Å². The van der Waals surface area contributed by atoms with Gasteiger partial charge in [0, 0.05) is 49.5 Å². The minimum Gasteiger partial charge on any atom is -0.335 e. The van der Waals surface area contributed by atoms with Gasteiger partial charge in [0.15, 0.2) is 0 Å². The van der Waals surface area contributed by atoms with Gasteiger partial charge in [-0.25, -0.2) is 4.79 Å². The van der Waals surface area contributed by atoms with Gasteiger partial charge in [0.1, 0.15) is 0 Å². The fraction of sp³-hybridized carbons (Fsp3) is 0.579. The minimum atomic E-state index is -0.144. The zero-order valence-electron chi connectivity index (χ0n) is 14.5. The average Bonchev–Trinajstić information content (AvgIpc) is 3.38. The van der Waals surface area contributed by atoms with Crippen LogP contribution in [0.15, 0.2) is 24.3 Å². The lowest BCUT2D eigenvalue weighted by Gasteiger charge is -2.32. The van der Waals surface area contributed by atoms with Gasteiger partial charge >= 0.3 is 6.03 Å². The fourth-order valence-corrected chi connectivity index (χ4v) is 3.85. The Hall–Kier alpha value is -2.08. The summed E-state index contributed by atoms with van der Waals surface area (Å²) in [5.41, 5.74) is 1.66. The van der Waals surface area contributed by atoms with Crippen LogP contribution in [-0.4, -0.2) is 48.6 Å².